The molecule has 1 rings (SSSR count). The van der Waals surface area contributed by atoms with Crippen LogP contribution in [0.3, 0.4) is 0 Å². The molecule has 0 aromatic heterocycles. The van der Waals surface area contributed by atoms with Crippen molar-refractivity contribution in [3.8, 4) is 0 Å². The van der Waals surface area contributed by atoms with Gasteiger partial charge in [0.25, 0.3) is 0 Å². The molecule has 4 N–H and O–H groups in total. The summed E-state index contributed by atoms with van der Waals surface area (Å²) in [7, 11) is 0. The molecule has 1 heterocycles. The lowest BCUT2D eigenvalue weighted by Gasteiger charge is -2.36. The molecule has 1 fully saturated rings. The number of aliphatic hydroxyl groups is 4. The highest BCUT2D eigenvalue weighted by Crippen LogP contribution is 2.18. The first-order valence-corrected chi connectivity index (χ1v) is 3.41. The summed E-state index contributed by atoms with van der Waals surface area (Å²) in [4.78, 5) is 0. The van der Waals surface area contributed by atoms with E-state index in [9.17, 15) is 0 Å². The van der Waals surface area contributed by atoms with Crippen molar-refractivity contribution < 1.29 is 25.2 Å². The molecule has 11 heavy (non-hydrogen) atoms. The Balaban J connectivity index is 2.63. The summed E-state index contributed by atoms with van der Waals surface area (Å²) in [6, 6.07) is 0. The van der Waals surface area contributed by atoms with Gasteiger partial charge in [0, 0.05) is 0 Å². The molecule has 1 aliphatic heterocycles. The maximum absolute atomic E-state index is 9.09. The molecule has 0 aromatic rings. The molecule has 66 valence electrons. The average Bonchev–Trinajstić information content (AvgIpc) is 1.97. The van der Waals surface area contributed by atoms with Gasteiger partial charge in [0.1, 0.15) is 18.3 Å². The van der Waals surface area contributed by atoms with Crippen LogP contribution in [0.15, 0.2) is 0 Å². The third-order valence-corrected chi connectivity index (χ3v) is 1.83. The van der Waals surface area contributed by atoms with Crippen LogP contribution in [0.25, 0.3) is 0 Å². The van der Waals surface area contributed by atoms with E-state index in [0.717, 1.165) is 0 Å². The van der Waals surface area contributed by atoms with Crippen LogP contribution in [-0.2, 0) is 4.74 Å². The minimum Gasteiger partial charge on any atom is -0.388 e. The Hall–Kier alpha value is -0.200. The molecule has 5 heteroatoms. The molecule has 1 aliphatic rings. The first-order chi connectivity index (χ1) is 5.04. The van der Waals surface area contributed by atoms with Gasteiger partial charge in [-0.25, -0.2) is 0 Å². The monoisotopic (exact) mass is 165 g/mol. The van der Waals surface area contributed by atoms with Crippen molar-refractivity contribution in [1.82, 2.24) is 0 Å². The van der Waals surface area contributed by atoms with E-state index in [1.807, 2.05) is 0 Å². The maximum atomic E-state index is 9.09. The van der Waals surface area contributed by atoms with Gasteiger partial charge in [-0.15, -0.1) is 0 Å². The molecule has 1 unspecified atom stereocenters. The Morgan fingerprint density at radius 2 is 1.45 bits per heavy atom. The molecule has 0 saturated carbocycles. The lowest BCUT2D eigenvalue weighted by Crippen LogP contribution is -2.56. The van der Waals surface area contributed by atoms with Crippen molar-refractivity contribution in [2.45, 2.75) is 37.6 Å². The van der Waals surface area contributed by atoms with E-state index >= 15 is 0 Å². The Morgan fingerprint density at radius 1 is 0.909 bits per heavy atom. The van der Waals surface area contributed by atoms with Crippen molar-refractivity contribution in [2.75, 3.05) is 0 Å². The summed E-state index contributed by atoms with van der Waals surface area (Å²) >= 11 is 0. The molecular weight excluding hydrogens is 153 g/mol. The van der Waals surface area contributed by atoms with Crippen LogP contribution in [0, 0.1) is 0 Å². The largest absolute Gasteiger partial charge is 0.388 e. The predicted molar refractivity (Wildman–Crippen MR) is 34.6 cm³/mol. The van der Waals surface area contributed by atoms with E-state index < -0.39 is 30.7 Å². The first kappa shape index (κ1) is 8.89. The molecule has 0 aliphatic carbocycles. The van der Waals surface area contributed by atoms with Gasteiger partial charge in [-0.3, -0.25) is 0 Å². The molecule has 0 bridgehead atoms. The zero-order chi connectivity index (χ0) is 8.59. The number of ether oxygens (including phenoxy) is 1. The molecule has 5 atom stereocenters. The SMILES string of the molecule is C[C@H]1O[13CH](O)[C@H](O)[C@@H](O)[C@H]1O. The third-order valence-electron chi connectivity index (χ3n) is 1.83. The Morgan fingerprint density at radius 3 is 2.00 bits per heavy atom. The average molecular weight is 165 g/mol. The van der Waals surface area contributed by atoms with Crippen LogP contribution in [0.1, 0.15) is 6.92 Å². The summed E-state index contributed by atoms with van der Waals surface area (Å²) in [5.41, 5.74) is 0. The van der Waals surface area contributed by atoms with E-state index in [1.165, 1.54) is 6.92 Å². The third kappa shape index (κ3) is 1.52. The number of hydrogen-bond acceptors (Lipinski definition) is 5. The molecule has 0 radical (unpaired) electrons. The second kappa shape index (κ2) is 3.04. The lowest BCUT2D eigenvalue weighted by molar-refractivity contribution is -0.277. The summed E-state index contributed by atoms with van der Waals surface area (Å²) in [5, 5.41) is 36.0. The normalized spacial score (nSPS) is 52.6. The van der Waals surface area contributed by atoms with Gasteiger partial charge in [-0.2, -0.15) is 0 Å². The van der Waals surface area contributed by atoms with E-state index in [-0.39, 0.29) is 0 Å². The fraction of sp³-hybridized carbons (Fsp3) is 1.00. The minimum atomic E-state index is -1.43. The molecule has 0 spiro atoms. The standard InChI is InChI=1S/C6H12O5/c1-2-3(7)4(8)5(9)6(10)11-2/h2-10H,1H3/t2-,3+,4+,5-,6?/m1/s1/i6+1. The highest BCUT2D eigenvalue weighted by atomic mass is 16.7. The quantitative estimate of drug-likeness (QED) is 0.306. The predicted octanol–water partition coefficient (Wildman–Crippen LogP) is -2.19. The topological polar surface area (TPSA) is 90.2 Å². The van der Waals surface area contributed by atoms with Gasteiger partial charge in [0.15, 0.2) is 6.29 Å². The summed E-state index contributed by atoms with van der Waals surface area (Å²) in [6.45, 7) is 1.50. The smallest absolute Gasteiger partial charge is 0.183 e. The first-order valence-electron chi connectivity index (χ1n) is 3.41. The molecule has 0 aromatic carbocycles. The van der Waals surface area contributed by atoms with Crippen molar-refractivity contribution >= 4 is 0 Å². The lowest BCUT2D eigenvalue weighted by atomic mass is 10.1. The van der Waals surface area contributed by atoms with Gasteiger partial charge < -0.3 is 25.2 Å². The van der Waals surface area contributed by atoms with E-state index in [0.29, 0.717) is 0 Å². The van der Waals surface area contributed by atoms with E-state index in [1.54, 1.807) is 0 Å². The fourth-order valence-electron chi connectivity index (χ4n) is 1.03. The number of rotatable bonds is 0. The van der Waals surface area contributed by atoms with Crippen molar-refractivity contribution in [1.29, 1.82) is 0 Å². The fourth-order valence-corrected chi connectivity index (χ4v) is 1.03. The highest BCUT2D eigenvalue weighted by Gasteiger charge is 2.40. The maximum Gasteiger partial charge on any atom is 0.183 e. The van der Waals surface area contributed by atoms with Gasteiger partial charge in [-0.1, -0.05) is 0 Å². The second-order valence-electron chi connectivity index (χ2n) is 2.70. The zero-order valence-electron chi connectivity index (χ0n) is 6.08. The van der Waals surface area contributed by atoms with Crippen LogP contribution >= 0.6 is 0 Å². The zero-order valence-corrected chi connectivity index (χ0v) is 6.08. The highest BCUT2D eigenvalue weighted by molar-refractivity contribution is 4.86. The van der Waals surface area contributed by atoms with Crippen molar-refractivity contribution in [3.05, 3.63) is 0 Å². The van der Waals surface area contributed by atoms with Crippen LogP contribution in [0.5, 0.6) is 0 Å². The van der Waals surface area contributed by atoms with E-state index in [2.05, 4.69) is 4.74 Å². The van der Waals surface area contributed by atoms with E-state index in [4.69, 9.17) is 20.4 Å². The summed E-state index contributed by atoms with van der Waals surface area (Å²) < 4.78 is 4.68. The Bertz CT molecular complexity index is 125. The second-order valence-corrected chi connectivity index (χ2v) is 2.70. The summed E-state index contributed by atoms with van der Waals surface area (Å²) in [5.74, 6) is 0. The van der Waals surface area contributed by atoms with Crippen LogP contribution in [0.2, 0.25) is 0 Å². The molecule has 1 saturated heterocycles. The number of aliphatic hydroxyl groups excluding tert-OH is 4. The van der Waals surface area contributed by atoms with Crippen LogP contribution in [0.4, 0.5) is 0 Å². The summed E-state index contributed by atoms with van der Waals surface area (Å²) in [6.07, 6.45) is -5.99. The van der Waals surface area contributed by atoms with Gasteiger partial charge >= 0.3 is 0 Å². The van der Waals surface area contributed by atoms with Gasteiger partial charge in [0.2, 0.25) is 0 Å². The molecule has 0 amide bonds. The van der Waals surface area contributed by atoms with Crippen molar-refractivity contribution in [3.63, 3.8) is 0 Å². The number of hydrogen-bond donors (Lipinski definition) is 4. The van der Waals surface area contributed by atoms with Gasteiger partial charge in [-0.05, 0) is 6.92 Å². The van der Waals surface area contributed by atoms with Gasteiger partial charge in [0.05, 0.1) is 6.10 Å². The minimum absolute atomic E-state index is 0.664. The van der Waals surface area contributed by atoms with Crippen molar-refractivity contribution in [2.24, 2.45) is 0 Å². The van der Waals surface area contributed by atoms with Crippen LogP contribution in [-0.4, -0.2) is 51.1 Å². The Labute approximate surface area is 63.8 Å². The van der Waals surface area contributed by atoms with Crippen LogP contribution < -0.4 is 0 Å². The molecular formula is C6H12O5. The molecule has 5 nitrogen and oxygen atoms in total. The Kier molecular flexibility index (Phi) is 2.46.